The first-order valence-electron chi connectivity index (χ1n) is 6.79. The summed E-state index contributed by atoms with van der Waals surface area (Å²) in [5, 5.41) is 0. The highest BCUT2D eigenvalue weighted by Crippen LogP contribution is 2.28. The Bertz CT molecular complexity index is 448. The second kappa shape index (κ2) is 5.95. The number of carbonyl (C=O) groups excluding carboxylic acids is 1. The van der Waals surface area contributed by atoms with Crippen LogP contribution in [0.5, 0.6) is 5.75 Å². The number of ether oxygens (including phenoxy) is 1. The van der Waals surface area contributed by atoms with E-state index in [1.54, 1.807) is 19.1 Å². The topological polar surface area (TPSA) is 32.8 Å². The first kappa shape index (κ1) is 13.7. The van der Waals surface area contributed by atoms with Crippen LogP contribution in [0.1, 0.15) is 19.8 Å². The molecule has 1 aliphatic rings. The van der Waals surface area contributed by atoms with Gasteiger partial charge in [0.25, 0.3) is 0 Å². The molecule has 0 spiro atoms. The zero-order chi connectivity index (χ0) is 13.8. The number of carbonyl (C=O) groups is 1. The van der Waals surface area contributed by atoms with Gasteiger partial charge in [-0.25, -0.2) is 4.79 Å². The van der Waals surface area contributed by atoms with Gasteiger partial charge in [-0.05, 0) is 30.9 Å². The Morgan fingerprint density at radius 1 is 1.42 bits per heavy atom. The Kier molecular flexibility index (Phi) is 4.30. The maximum absolute atomic E-state index is 12.5. The zero-order valence-electron chi connectivity index (χ0n) is 11.9. The minimum atomic E-state index is 0.0519. The molecule has 0 saturated carbocycles. The molecule has 4 heteroatoms. The quantitative estimate of drug-likeness (QED) is 0.821. The lowest BCUT2D eigenvalue weighted by molar-refractivity contribution is 0.177. The normalized spacial score (nSPS) is 19.1. The summed E-state index contributed by atoms with van der Waals surface area (Å²) in [6.45, 7) is 3.89. The third-order valence-electron chi connectivity index (χ3n) is 3.66. The van der Waals surface area contributed by atoms with Gasteiger partial charge < -0.3 is 9.64 Å². The number of piperidine rings is 1. The Morgan fingerprint density at radius 3 is 2.84 bits per heavy atom. The predicted molar refractivity (Wildman–Crippen MR) is 76.8 cm³/mol. The number of benzene rings is 1. The molecule has 1 unspecified atom stereocenters. The number of hydrogen-bond donors (Lipinski definition) is 0. The van der Waals surface area contributed by atoms with Crippen LogP contribution in [0.25, 0.3) is 0 Å². The molecule has 0 bridgehead atoms. The maximum Gasteiger partial charge on any atom is 0.324 e. The molecule has 1 atom stereocenters. The van der Waals surface area contributed by atoms with E-state index >= 15 is 0 Å². The number of urea groups is 1. The van der Waals surface area contributed by atoms with Gasteiger partial charge in [0.2, 0.25) is 0 Å². The molecule has 0 N–H and O–H groups in total. The SMILES string of the molecule is COc1ccccc1N(C)C(=O)N1CCCC(C)C1. The fraction of sp³-hybridized carbons (Fsp3) is 0.533. The smallest absolute Gasteiger partial charge is 0.324 e. The molecule has 1 aromatic rings. The van der Waals surface area contributed by atoms with Gasteiger partial charge in [-0.15, -0.1) is 0 Å². The van der Waals surface area contributed by atoms with Gasteiger partial charge in [0.15, 0.2) is 0 Å². The molecule has 104 valence electrons. The largest absolute Gasteiger partial charge is 0.495 e. The first-order chi connectivity index (χ1) is 9.13. The lowest BCUT2D eigenvalue weighted by Gasteiger charge is -2.34. The highest BCUT2D eigenvalue weighted by atomic mass is 16.5. The van der Waals surface area contributed by atoms with Gasteiger partial charge in [-0.2, -0.15) is 0 Å². The van der Waals surface area contributed by atoms with Crippen LogP contribution in [0.2, 0.25) is 0 Å². The molecule has 4 nitrogen and oxygen atoms in total. The van der Waals surface area contributed by atoms with Crippen LogP contribution < -0.4 is 9.64 Å². The summed E-state index contributed by atoms with van der Waals surface area (Å²) >= 11 is 0. The molecule has 19 heavy (non-hydrogen) atoms. The van der Waals surface area contributed by atoms with Crippen molar-refractivity contribution in [3.8, 4) is 5.75 Å². The van der Waals surface area contributed by atoms with Crippen LogP contribution >= 0.6 is 0 Å². The Balaban J connectivity index is 2.14. The van der Waals surface area contributed by atoms with E-state index in [-0.39, 0.29) is 6.03 Å². The number of amides is 2. The van der Waals surface area contributed by atoms with Crippen molar-refractivity contribution < 1.29 is 9.53 Å². The van der Waals surface area contributed by atoms with E-state index in [2.05, 4.69) is 6.92 Å². The van der Waals surface area contributed by atoms with Crippen molar-refractivity contribution in [2.75, 3.05) is 32.1 Å². The molecule has 1 aliphatic heterocycles. The summed E-state index contributed by atoms with van der Waals surface area (Å²) in [5.74, 6) is 1.31. The van der Waals surface area contributed by atoms with Gasteiger partial charge in [-0.3, -0.25) is 4.90 Å². The molecular formula is C15H22N2O2. The van der Waals surface area contributed by atoms with Crippen LogP contribution in [0.15, 0.2) is 24.3 Å². The van der Waals surface area contributed by atoms with Gasteiger partial charge in [0.1, 0.15) is 5.75 Å². The molecule has 2 rings (SSSR count). The number of rotatable bonds is 2. The predicted octanol–water partition coefficient (Wildman–Crippen LogP) is 2.98. The highest BCUT2D eigenvalue weighted by Gasteiger charge is 2.25. The van der Waals surface area contributed by atoms with Crippen LogP contribution in [-0.4, -0.2) is 38.2 Å². The molecule has 1 aromatic carbocycles. The molecule has 0 aromatic heterocycles. The van der Waals surface area contributed by atoms with E-state index in [1.165, 1.54) is 6.42 Å². The van der Waals surface area contributed by atoms with Gasteiger partial charge in [0, 0.05) is 20.1 Å². The van der Waals surface area contributed by atoms with E-state index in [1.807, 2.05) is 29.2 Å². The molecule has 1 saturated heterocycles. The Labute approximate surface area is 115 Å². The standard InChI is InChI=1S/C15H22N2O2/c1-12-7-6-10-17(11-12)15(18)16(2)13-8-4-5-9-14(13)19-3/h4-5,8-9,12H,6-7,10-11H2,1-3H3. The first-order valence-corrected chi connectivity index (χ1v) is 6.79. The number of hydrogen-bond acceptors (Lipinski definition) is 2. The summed E-state index contributed by atoms with van der Waals surface area (Å²) in [6, 6.07) is 7.66. The highest BCUT2D eigenvalue weighted by molar-refractivity contribution is 5.93. The number of nitrogens with zero attached hydrogens (tertiary/aromatic N) is 2. The summed E-state index contributed by atoms with van der Waals surface area (Å²) in [7, 11) is 3.43. The summed E-state index contributed by atoms with van der Waals surface area (Å²) in [6.07, 6.45) is 2.30. The lowest BCUT2D eigenvalue weighted by Crippen LogP contribution is -2.46. The average molecular weight is 262 g/mol. The number of methoxy groups -OCH3 is 1. The molecule has 1 fully saturated rings. The molecule has 1 heterocycles. The third kappa shape index (κ3) is 3.00. The van der Waals surface area contributed by atoms with E-state index < -0.39 is 0 Å². The summed E-state index contributed by atoms with van der Waals surface area (Å²) in [4.78, 5) is 16.1. The van der Waals surface area contributed by atoms with Crippen molar-refractivity contribution in [3.05, 3.63) is 24.3 Å². The van der Waals surface area contributed by atoms with E-state index in [0.29, 0.717) is 5.92 Å². The van der Waals surface area contributed by atoms with Crippen molar-refractivity contribution in [2.45, 2.75) is 19.8 Å². The van der Waals surface area contributed by atoms with Crippen molar-refractivity contribution in [2.24, 2.45) is 5.92 Å². The van der Waals surface area contributed by atoms with Gasteiger partial charge >= 0.3 is 6.03 Å². The van der Waals surface area contributed by atoms with Crippen molar-refractivity contribution in [1.82, 2.24) is 4.90 Å². The maximum atomic E-state index is 12.5. The molecule has 0 aliphatic carbocycles. The van der Waals surface area contributed by atoms with E-state index in [9.17, 15) is 4.79 Å². The minimum absolute atomic E-state index is 0.0519. The van der Waals surface area contributed by atoms with Crippen LogP contribution in [0.4, 0.5) is 10.5 Å². The molecule has 0 radical (unpaired) electrons. The third-order valence-corrected chi connectivity index (χ3v) is 3.66. The second-order valence-electron chi connectivity index (χ2n) is 5.21. The average Bonchev–Trinajstić information content (AvgIpc) is 2.45. The molecular weight excluding hydrogens is 240 g/mol. The van der Waals surface area contributed by atoms with Crippen LogP contribution in [0.3, 0.4) is 0 Å². The second-order valence-corrected chi connectivity index (χ2v) is 5.21. The van der Waals surface area contributed by atoms with E-state index in [0.717, 1.165) is 30.9 Å². The van der Waals surface area contributed by atoms with Crippen LogP contribution in [-0.2, 0) is 0 Å². The zero-order valence-corrected chi connectivity index (χ0v) is 11.9. The number of likely N-dealkylation sites (tertiary alicyclic amines) is 1. The summed E-state index contributed by atoms with van der Waals surface area (Å²) < 4.78 is 5.31. The van der Waals surface area contributed by atoms with Crippen molar-refractivity contribution in [1.29, 1.82) is 0 Å². The monoisotopic (exact) mass is 262 g/mol. The molecule has 2 amide bonds. The van der Waals surface area contributed by atoms with E-state index in [4.69, 9.17) is 4.74 Å². The number of para-hydroxylation sites is 2. The fourth-order valence-electron chi connectivity index (χ4n) is 2.59. The number of anilines is 1. The summed E-state index contributed by atoms with van der Waals surface area (Å²) in [5.41, 5.74) is 0.813. The van der Waals surface area contributed by atoms with Crippen LogP contribution in [0, 0.1) is 5.92 Å². The fourth-order valence-corrected chi connectivity index (χ4v) is 2.59. The lowest BCUT2D eigenvalue weighted by atomic mass is 10.0. The van der Waals surface area contributed by atoms with Crippen molar-refractivity contribution >= 4 is 11.7 Å². The van der Waals surface area contributed by atoms with Gasteiger partial charge in [-0.1, -0.05) is 19.1 Å². The van der Waals surface area contributed by atoms with Gasteiger partial charge in [0.05, 0.1) is 12.8 Å². The van der Waals surface area contributed by atoms with Crippen molar-refractivity contribution in [3.63, 3.8) is 0 Å². The minimum Gasteiger partial charge on any atom is -0.495 e. The Hall–Kier alpha value is -1.71. The Morgan fingerprint density at radius 2 is 2.16 bits per heavy atom.